The molecular formula is C5H5F3N2O. The van der Waals surface area contributed by atoms with E-state index in [-0.39, 0.29) is 6.54 Å². The minimum atomic E-state index is -4.67. The molecule has 1 heterocycles. The van der Waals surface area contributed by atoms with E-state index in [0.29, 0.717) is 0 Å². The van der Waals surface area contributed by atoms with Crippen LogP contribution in [0.5, 0.6) is 0 Å². The third-order valence-electron chi connectivity index (χ3n) is 1.02. The van der Waals surface area contributed by atoms with Crippen molar-refractivity contribution in [1.29, 1.82) is 0 Å². The average Bonchev–Trinajstić information content (AvgIpc) is 2.12. The monoisotopic (exact) mass is 166 g/mol. The van der Waals surface area contributed by atoms with E-state index in [4.69, 9.17) is 0 Å². The summed E-state index contributed by atoms with van der Waals surface area (Å²) >= 11 is 0. The third kappa shape index (κ3) is 2.28. The first-order valence-electron chi connectivity index (χ1n) is 2.76. The van der Waals surface area contributed by atoms with Crippen molar-refractivity contribution in [3.63, 3.8) is 0 Å². The van der Waals surface area contributed by atoms with Crippen LogP contribution in [0.3, 0.4) is 0 Å². The van der Waals surface area contributed by atoms with Gasteiger partial charge in [0.25, 0.3) is 6.02 Å². The summed E-state index contributed by atoms with van der Waals surface area (Å²) in [5.41, 5.74) is 0. The number of amidine groups is 1. The summed E-state index contributed by atoms with van der Waals surface area (Å²) in [4.78, 5) is 4.45. The first kappa shape index (κ1) is 8.16. The minimum Gasteiger partial charge on any atom is -0.373 e. The van der Waals surface area contributed by atoms with Crippen LogP contribution >= 0.6 is 0 Å². The molecule has 11 heavy (non-hydrogen) atoms. The van der Waals surface area contributed by atoms with Crippen LogP contribution < -0.4 is 0 Å². The Balaban J connectivity index is 2.49. The lowest BCUT2D eigenvalue weighted by Gasteiger charge is -2.14. The van der Waals surface area contributed by atoms with Gasteiger partial charge < -0.3 is 9.64 Å². The van der Waals surface area contributed by atoms with E-state index in [2.05, 4.69) is 16.3 Å². The lowest BCUT2D eigenvalue weighted by molar-refractivity contribution is -0.286. The fraction of sp³-hybridized carbons (Fsp3) is 0.600. The van der Waals surface area contributed by atoms with Gasteiger partial charge >= 0.3 is 6.36 Å². The van der Waals surface area contributed by atoms with Gasteiger partial charge in [-0.05, 0) is 0 Å². The van der Waals surface area contributed by atoms with Gasteiger partial charge in [0.05, 0.1) is 6.54 Å². The number of nitrogens with zero attached hydrogens (tertiary/aromatic N) is 2. The van der Waals surface area contributed by atoms with Gasteiger partial charge in [0, 0.05) is 7.05 Å². The third-order valence-corrected chi connectivity index (χ3v) is 1.02. The van der Waals surface area contributed by atoms with Crippen molar-refractivity contribution in [1.82, 2.24) is 4.90 Å². The van der Waals surface area contributed by atoms with Crippen LogP contribution in [0.4, 0.5) is 13.2 Å². The quantitative estimate of drug-likeness (QED) is 0.533. The SMILES string of the molecule is CN1C[C]N=C1OC(F)(F)F. The molecule has 0 atom stereocenters. The number of rotatable bonds is 0. The van der Waals surface area contributed by atoms with Gasteiger partial charge in [0.2, 0.25) is 0 Å². The Morgan fingerprint density at radius 3 is 2.64 bits per heavy atom. The van der Waals surface area contributed by atoms with E-state index in [1.807, 2.05) is 0 Å². The number of aliphatic imine (C=N–C) groups is 1. The maximum Gasteiger partial charge on any atom is 0.575 e. The number of hydrogen-bond donors (Lipinski definition) is 0. The molecule has 0 saturated heterocycles. The fourth-order valence-electron chi connectivity index (χ4n) is 0.566. The molecule has 0 fully saturated rings. The maximum absolute atomic E-state index is 11.5. The second kappa shape index (κ2) is 2.60. The Morgan fingerprint density at radius 1 is 1.64 bits per heavy atom. The molecule has 6 heteroatoms. The number of ether oxygens (including phenoxy) is 1. The summed E-state index contributed by atoms with van der Waals surface area (Å²) in [6.45, 7) is 2.56. The predicted octanol–water partition coefficient (Wildman–Crippen LogP) is 0.863. The summed E-state index contributed by atoms with van der Waals surface area (Å²) < 4.78 is 38.1. The zero-order chi connectivity index (χ0) is 8.48. The van der Waals surface area contributed by atoms with Gasteiger partial charge in [-0.3, -0.25) is 0 Å². The molecule has 62 valence electrons. The highest BCUT2D eigenvalue weighted by molar-refractivity contribution is 5.76. The van der Waals surface area contributed by atoms with Crippen molar-refractivity contribution in [2.75, 3.05) is 13.6 Å². The van der Waals surface area contributed by atoms with E-state index in [9.17, 15) is 13.2 Å². The predicted molar refractivity (Wildman–Crippen MR) is 30.4 cm³/mol. The molecule has 0 aromatic carbocycles. The molecule has 0 spiro atoms. The Labute approximate surface area is 61.5 Å². The van der Waals surface area contributed by atoms with E-state index in [0.717, 1.165) is 0 Å². The topological polar surface area (TPSA) is 24.8 Å². The van der Waals surface area contributed by atoms with Crippen molar-refractivity contribution < 1.29 is 17.9 Å². The zero-order valence-corrected chi connectivity index (χ0v) is 5.64. The smallest absolute Gasteiger partial charge is 0.373 e. The molecule has 0 aliphatic carbocycles. The highest BCUT2D eigenvalue weighted by Gasteiger charge is 2.35. The average molecular weight is 166 g/mol. The Hall–Kier alpha value is -0.940. The molecule has 1 rings (SSSR count). The molecule has 1 aliphatic heterocycles. The second-order valence-corrected chi connectivity index (χ2v) is 1.96. The van der Waals surface area contributed by atoms with Gasteiger partial charge in [0.15, 0.2) is 0 Å². The van der Waals surface area contributed by atoms with Crippen molar-refractivity contribution >= 4 is 6.02 Å². The Kier molecular flexibility index (Phi) is 1.92. The summed E-state index contributed by atoms with van der Waals surface area (Å²) in [5, 5.41) is 0. The van der Waals surface area contributed by atoms with Crippen molar-refractivity contribution in [2.24, 2.45) is 4.99 Å². The molecule has 0 aromatic rings. The molecule has 0 aromatic heterocycles. The summed E-state index contributed by atoms with van der Waals surface area (Å²) in [7, 11) is 1.44. The van der Waals surface area contributed by atoms with Crippen LogP contribution in [-0.2, 0) is 4.74 Å². The molecule has 0 bridgehead atoms. The van der Waals surface area contributed by atoms with E-state index in [1.54, 1.807) is 0 Å². The van der Waals surface area contributed by atoms with Crippen LogP contribution in [0.1, 0.15) is 0 Å². The van der Waals surface area contributed by atoms with Gasteiger partial charge in [-0.2, -0.15) is 0 Å². The van der Waals surface area contributed by atoms with Gasteiger partial charge in [-0.1, -0.05) is 0 Å². The van der Waals surface area contributed by atoms with E-state index in [1.165, 1.54) is 11.9 Å². The van der Waals surface area contributed by atoms with Crippen LogP contribution in [0.25, 0.3) is 0 Å². The minimum absolute atomic E-state index is 0.228. The maximum atomic E-state index is 11.5. The summed E-state index contributed by atoms with van der Waals surface area (Å²) in [5.74, 6) is 0. The standard InChI is InChI=1S/C5H5F3N2O/c1-10-3-2-9-4(10)11-5(6,7)8/h3H2,1H3. The van der Waals surface area contributed by atoms with E-state index < -0.39 is 12.4 Å². The number of likely N-dealkylation sites (N-methyl/N-ethyl adjacent to an activating group) is 1. The van der Waals surface area contributed by atoms with Crippen molar-refractivity contribution in [2.45, 2.75) is 6.36 Å². The Bertz CT molecular complexity index is 177. The van der Waals surface area contributed by atoms with E-state index >= 15 is 0 Å². The normalized spacial score (nSPS) is 18.5. The lowest BCUT2D eigenvalue weighted by Crippen LogP contribution is -2.30. The summed E-state index contributed by atoms with van der Waals surface area (Å²) in [6.07, 6.45) is -4.67. The number of hydrogen-bond acceptors (Lipinski definition) is 3. The van der Waals surface area contributed by atoms with Gasteiger partial charge in [-0.15, -0.1) is 13.2 Å². The zero-order valence-electron chi connectivity index (χ0n) is 5.64. The molecule has 0 saturated carbocycles. The van der Waals surface area contributed by atoms with Crippen LogP contribution in [0, 0.1) is 6.54 Å². The van der Waals surface area contributed by atoms with Crippen LogP contribution in [-0.4, -0.2) is 30.9 Å². The highest BCUT2D eigenvalue weighted by atomic mass is 19.4. The van der Waals surface area contributed by atoms with Crippen LogP contribution in [0.2, 0.25) is 0 Å². The molecule has 0 amide bonds. The van der Waals surface area contributed by atoms with Gasteiger partial charge in [-0.25, -0.2) is 4.99 Å². The molecule has 2 radical (unpaired) electrons. The molecule has 3 nitrogen and oxygen atoms in total. The Morgan fingerprint density at radius 2 is 2.27 bits per heavy atom. The van der Waals surface area contributed by atoms with Gasteiger partial charge in [0.1, 0.15) is 6.54 Å². The first-order chi connectivity index (χ1) is 4.99. The molecular weight excluding hydrogens is 161 g/mol. The molecule has 0 N–H and O–H groups in total. The summed E-state index contributed by atoms with van der Waals surface area (Å²) in [6, 6.07) is -0.461. The lowest BCUT2D eigenvalue weighted by atomic mass is 10.6. The number of halogens is 3. The van der Waals surface area contributed by atoms with Crippen molar-refractivity contribution in [3.8, 4) is 0 Å². The molecule has 0 unspecified atom stereocenters. The van der Waals surface area contributed by atoms with Crippen LogP contribution in [0.15, 0.2) is 4.99 Å². The number of alkyl halides is 3. The second-order valence-electron chi connectivity index (χ2n) is 1.96. The van der Waals surface area contributed by atoms with Crippen molar-refractivity contribution in [3.05, 3.63) is 6.54 Å². The fourth-order valence-corrected chi connectivity index (χ4v) is 0.566. The highest BCUT2D eigenvalue weighted by Crippen LogP contribution is 2.19. The molecule has 1 aliphatic rings. The largest absolute Gasteiger partial charge is 0.575 e. The first-order valence-corrected chi connectivity index (χ1v) is 2.76.